The van der Waals surface area contributed by atoms with E-state index >= 15 is 0 Å². The van der Waals surface area contributed by atoms with Crippen LogP contribution in [0.2, 0.25) is 0 Å². The Kier molecular flexibility index (Phi) is 4.58. The summed E-state index contributed by atoms with van der Waals surface area (Å²) in [5, 5.41) is 14.8. The van der Waals surface area contributed by atoms with Crippen LogP contribution < -0.4 is 5.01 Å². The molecule has 1 fully saturated rings. The Labute approximate surface area is 167 Å². The van der Waals surface area contributed by atoms with Crippen LogP contribution in [0.4, 0.5) is 5.82 Å². The number of rotatable bonds is 3. The Morgan fingerprint density at radius 1 is 0.821 bits per heavy atom. The molecule has 1 aliphatic heterocycles. The molecule has 2 aromatic heterocycles. The number of benzene rings is 1. The van der Waals surface area contributed by atoms with E-state index in [0.717, 1.165) is 28.1 Å². The van der Waals surface area contributed by atoms with E-state index in [1.807, 2.05) is 36.4 Å². The third kappa shape index (κ3) is 3.35. The molecular weight excluding hydrogens is 346 g/mol. The van der Waals surface area contributed by atoms with Crippen molar-refractivity contribution in [1.29, 1.82) is 0 Å². The highest BCUT2D eigenvalue weighted by Crippen LogP contribution is 2.40. The van der Waals surface area contributed by atoms with Crippen LogP contribution in [-0.2, 0) is 0 Å². The monoisotopic (exact) mass is 375 g/mol. The zero-order valence-electron chi connectivity index (χ0n) is 17.5. The minimum absolute atomic E-state index is 0.0801. The lowest BCUT2D eigenvalue weighted by Gasteiger charge is -2.56. The third-order valence-electron chi connectivity index (χ3n) is 5.87. The van der Waals surface area contributed by atoms with E-state index in [-0.39, 0.29) is 11.1 Å². The first kappa shape index (κ1) is 18.8. The smallest absolute Gasteiger partial charge is 0.165 e. The number of fused-ring (bicyclic) bond motifs is 1. The predicted molar refractivity (Wildman–Crippen MR) is 115 cm³/mol. The number of hydrogen-bond acceptors (Lipinski definition) is 5. The molecule has 0 N–H and O–H groups in total. The normalized spacial score (nSPS) is 18.9. The highest BCUT2D eigenvalue weighted by molar-refractivity contribution is 5.80. The second-order valence-corrected chi connectivity index (χ2v) is 8.98. The maximum absolute atomic E-state index is 4.73. The first-order valence-electron chi connectivity index (χ1n) is 10.0. The van der Waals surface area contributed by atoms with Crippen LogP contribution in [0.15, 0.2) is 48.5 Å². The van der Waals surface area contributed by atoms with Gasteiger partial charge in [-0.15, -0.1) is 10.2 Å². The molecule has 28 heavy (non-hydrogen) atoms. The standard InChI is InChI=1S/C23H29N5/c1-22(2)15-8-16-23(3,4)28(22)27(5)21-14-13-20(25-26-21)19-12-11-17-9-6-7-10-18(17)24-19/h6-7,9-14H,8,15-16H2,1-5H3. The lowest BCUT2D eigenvalue weighted by atomic mass is 9.81. The molecule has 3 heterocycles. The van der Waals surface area contributed by atoms with Gasteiger partial charge in [0.05, 0.1) is 11.2 Å². The van der Waals surface area contributed by atoms with Crippen molar-refractivity contribution < 1.29 is 0 Å². The number of hydrogen-bond donors (Lipinski definition) is 0. The van der Waals surface area contributed by atoms with E-state index < -0.39 is 0 Å². The molecule has 1 aliphatic rings. The van der Waals surface area contributed by atoms with E-state index in [2.05, 4.69) is 67.1 Å². The van der Waals surface area contributed by atoms with Crippen LogP contribution in [0.1, 0.15) is 47.0 Å². The predicted octanol–water partition coefficient (Wildman–Crippen LogP) is 5.09. The van der Waals surface area contributed by atoms with Crippen LogP contribution in [0, 0.1) is 0 Å². The Morgan fingerprint density at radius 3 is 2.18 bits per heavy atom. The van der Waals surface area contributed by atoms with Crippen molar-refractivity contribution in [3.63, 3.8) is 0 Å². The van der Waals surface area contributed by atoms with Gasteiger partial charge in [0.25, 0.3) is 0 Å². The van der Waals surface area contributed by atoms with Gasteiger partial charge in [0, 0.05) is 23.5 Å². The molecule has 0 spiro atoms. The number of aromatic nitrogens is 3. The summed E-state index contributed by atoms with van der Waals surface area (Å²) in [6.07, 6.45) is 3.60. The summed E-state index contributed by atoms with van der Waals surface area (Å²) in [4.78, 5) is 4.73. The zero-order valence-corrected chi connectivity index (χ0v) is 17.5. The molecule has 0 radical (unpaired) electrons. The van der Waals surface area contributed by atoms with Gasteiger partial charge in [-0.05, 0) is 71.2 Å². The van der Waals surface area contributed by atoms with Crippen LogP contribution in [0.25, 0.3) is 22.3 Å². The van der Waals surface area contributed by atoms with Crippen LogP contribution in [0.5, 0.6) is 0 Å². The minimum atomic E-state index is 0.0801. The highest BCUT2D eigenvalue weighted by Gasteiger charge is 2.44. The third-order valence-corrected chi connectivity index (χ3v) is 5.87. The second-order valence-electron chi connectivity index (χ2n) is 8.98. The van der Waals surface area contributed by atoms with Crippen molar-refractivity contribution in [3.8, 4) is 11.4 Å². The Balaban J connectivity index is 1.63. The summed E-state index contributed by atoms with van der Waals surface area (Å²) in [5.74, 6) is 0.854. The van der Waals surface area contributed by atoms with E-state index in [1.54, 1.807) is 0 Å². The average molecular weight is 376 g/mol. The van der Waals surface area contributed by atoms with Crippen molar-refractivity contribution in [2.24, 2.45) is 0 Å². The fraction of sp³-hybridized carbons (Fsp3) is 0.435. The van der Waals surface area contributed by atoms with Gasteiger partial charge in [0.2, 0.25) is 0 Å². The van der Waals surface area contributed by atoms with E-state index in [9.17, 15) is 0 Å². The molecule has 3 aromatic rings. The van der Waals surface area contributed by atoms with Gasteiger partial charge in [0.15, 0.2) is 5.82 Å². The van der Waals surface area contributed by atoms with Gasteiger partial charge >= 0.3 is 0 Å². The number of hydrazine groups is 1. The number of anilines is 1. The lowest BCUT2D eigenvalue weighted by molar-refractivity contribution is -0.0332. The maximum atomic E-state index is 4.73. The molecule has 0 aliphatic carbocycles. The molecule has 0 saturated carbocycles. The molecule has 5 heteroatoms. The van der Waals surface area contributed by atoms with E-state index in [1.165, 1.54) is 19.3 Å². The minimum Gasteiger partial charge on any atom is -0.290 e. The molecule has 146 valence electrons. The van der Waals surface area contributed by atoms with Crippen LogP contribution >= 0.6 is 0 Å². The lowest BCUT2D eigenvalue weighted by Crippen LogP contribution is -2.64. The van der Waals surface area contributed by atoms with Gasteiger partial charge < -0.3 is 0 Å². The highest BCUT2D eigenvalue weighted by atomic mass is 15.7. The fourth-order valence-corrected chi connectivity index (χ4v) is 4.74. The molecule has 0 amide bonds. The van der Waals surface area contributed by atoms with E-state index in [0.29, 0.717) is 0 Å². The summed E-state index contributed by atoms with van der Waals surface area (Å²) in [6.45, 7) is 9.24. The van der Waals surface area contributed by atoms with Gasteiger partial charge in [-0.3, -0.25) is 5.01 Å². The summed E-state index contributed by atoms with van der Waals surface area (Å²) in [6, 6.07) is 16.3. The van der Waals surface area contributed by atoms with E-state index in [4.69, 9.17) is 4.98 Å². The Hall–Kier alpha value is -2.53. The van der Waals surface area contributed by atoms with Crippen molar-refractivity contribution in [3.05, 3.63) is 48.5 Å². The first-order valence-corrected chi connectivity index (χ1v) is 10.0. The quantitative estimate of drug-likeness (QED) is 0.638. The molecule has 0 bridgehead atoms. The molecule has 0 unspecified atom stereocenters. The number of piperidine rings is 1. The largest absolute Gasteiger partial charge is 0.290 e. The molecule has 0 atom stereocenters. The summed E-state index contributed by atoms with van der Waals surface area (Å²) < 4.78 is 0. The van der Waals surface area contributed by atoms with Crippen molar-refractivity contribution in [2.75, 3.05) is 12.1 Å². The molecular formula is C23H29N5. The van der Waals surface area contributed by atoms with Gasteiger partial charge in [-0.1, -0.05) is 24.3 Å². The average Bonchev–Trinajstić information content (AvgIpc) is 2.66. The van der Waals surface area contributed by atoms with Crippen LogP contribution in [-0.4, -0.2) is 38.3 Å². The number of nitrogens with zero attached hydrogens (tertiary/aromatic N) is 5. The number of pyridine rings is 1. The zero-order chi connectivity index (χ0) is 19.9. The number of para-hydroxylation sites is 1. The second kappa shape index (κ2) is 6.82. The van der Waals surface area contributed by atoms with Crippen molar-refractivity contribution in [2.45, 2.75) is 58.0 Å². The first-order chi connectivity index (χ1) is 13.3. The summed E-state index contributed by atoms with van der Waals surface area (Å²) in [7, 11) is 2.09. The Bertz CT molecular complexity index is 962. The topological polar surface area (TPSA) is 45.2 Å². The van der Waals surface area contributed by atoms with Gasteiger partial charge in [-0.2, -0.15) is 0 Å². The van der Waals surface area contributed by atoms with Crippen LogP contribution in [0.3, 0.4) is 0 Å². The van der Waals surface area contributed by atoms with Crippen molar-refractivity contribution in [1.82, 2.24) is 20.2 Å². The maximum Gasteiger partial charge on any atom is 0.165 e. The van der Waals surface area contributed by atoms with Gasteiger partial charge in [0.1, 0.15) is 5.69 Å². The van der Waals surface area contributed by atoms with Gasteiger partial charge in [-0.25, -0.2) is 9.99 Å². The summed E-state index contributed by atoms with van der Waals surface area (Å²) >= 11 is 0. The molecule has 4 rings (SSSR count). The molecule has 1 saturated heterocycles. The SMILES string of the molecule is CN(c1ccc(-c2ccc3ccccc3n2)nn1)N1C(C)(C)CCCC1(C)C. The fourth-order valence-electron chi connectivity index (χ4n) is 4.74. The van der Waals surface area contributed by atoms with Crippen molar-refractivity contribution >= 4 is 16.7 Å². The summed E-state index contributed by atoms with van der Waals surface area (Å²) in [5.41, 5.74) is 2.77. The molecule has 1 aromatic carbocycles. The molecule has 5 nitrogen and oxygen atoms in total. The Morgan fingerprint density at radius 2 is 1.50 bits per heavy atom.